The predicted molar refractivity (Wildman–Crippen MR) is 113 cm³/mol. The van der Waals surface area contributed by atoms with Crippen LogP contribution in [0.5, 0.6) is 0 Å². The Kier molecular flexibility index (Phi) is 9.55. The lowest BCUT2D eigenvalue weighted by Crippen LogP contribution is -2.36. The van der Waals surface area contributed by atoms with E-state index in [2.05, 4.69) is 26.3 Å². The number of ether oxygens (including phenoxy) is 2. The molecular formula is C20H31FN6O2. The molecule has 0 unspecified atom stereocenters. The molecule has 160 valence electrons. The SMILES string of the molecule is C1COCCN1.Cc1cc(N)nc(F)c1.Cc1cc(N)nc(N2CCOCC2)c1. The van der Waals surface area contributed by atoms with E-state index in [1.807, 2.05) is 13.0 Å². The molecule has 0 radical (unpaired) electrons. The number of nitrogens with two attached hydrogens (primary N) is 2. The second-order valence-corrected chi connectivity index (χ2v) is 6.78. The molecule has 8 nitrogen and oxygen atoms in total. The lowest BCUT2D eigenvalue weighted by molar-refractivity contribution is 0.109. The predicted octanol–water partition coefficient (Wildman–Crippen LogP) is 1.53. The fourth-order valence-corrected chi connectivity index (χ4v) is 2.80. The van der Waals surface area contributed by atoms with Gasteiger partial charge in [-0.2, -0.15) is 4.39 Å². The highest BCUT2D eigenvalue weighted by molar-refractivity contribution is 5.48. The molecule has 2 fully saturated rings. The van der Waals surface area contributed by atoms with Crippen molar-refractivity contribution in [2.45, 2.75) is 13.8 Å². The van der Waals surface area contributed by atoms with Gasteiger partial charge in [0.05, 0.1) is 26.4 Å². The van der Waals surface area contributed by atoms with Crippen LogP contribution < -0.4 is 21.7 Å². The molecule has 2 saturated heterocycles. The van der Waals surface area contributed by atoms with E-state index in [9.17, 15) is 4.39 Å². The third-order valence-electron chi connectivity index (χ3n) is 4.12. The minimum Gasteiger partial charge on any atom is -0.384 e. The first-order chi connectivity index (χ1) is 13.9. The third kappa shape index (κ3) is 9.03. The van der Waals surface area contributed by atoms with E-state index in [4.69, 9.17) is 20.9 Å². The van der Waals surface area contributed by atoms with Crippen LogP contribution in [-0.2, 0) is 9.47 Å². The molecule has 2 aliphatic rings. The molecular weight excluding hydrogens is 375 g/mol. The molecule has 0 aliphatic carbocycles. The van der Waals surface area contributed by atoms with Crippen molar-refractivity contribution < 1.29 is 13.9 Å². The lowest BCUT2D eigenvalue weighted by atomic mass is 10.2. The van der Waals surface area contributed by atoms with Crippen LogP contribution in [0.25, 0.3) is 0 Å². The molecule has 0 saturated carbocycles. The summed E-state index contributed by atoms with van der Waals surface area (Å²) in [4.78, 5) is 9.85. The number of hydrogen-bond acceptors (Lipinski definition) is 8. The summed E-state index contributed by atoms with van der Waals surface area (Å²) in [7, 11) is 0. The van der Waals surface area contributed by atoms with Gasteiger partial charge in [0, 0.05) is 26.2 Å². The smallest absolute Gasteiger partial charge is 0.215 e. The van der Waals surface area contributed by atoms with Crippen LogP contribution in [0.15, 0.2) is 24.3 Å². The number of morpholine rings is 2. The van der Waals surface area contributed by atoms with Crippen molar-refractivity contribution >= 4 is 17.5 Å². The van der Waals surface area contributed by atoms with Gasteiger partial charge in [-0.15, -0.1) is 0 Å². The van der Waals surface area contributed by atoms with Gasteiger partial charge in [0.25, 0.3) is 0 Å². The highest BCUT2D eigenvalue weighted by Crippen LogP contribution is 2.16. The molecule has 9 heteroatoms. The number of aryl methyl sites for hydroxylation is 2. The van der Waals surface area contributed by atoms with Gasteiger partial charge in [-0.25, -0.2) is 9.97 Å². The largest absolute Gasteiger partial charge is 0.384 e. The fourth-order valence-electron chi connectivity index (χ4n) is 2.80. The maximum absolute atomic E-state index is 12.2. The van der Waals surface area contributed by atoms with Crippen LogP contribution >= 0.6 is 0 Å². The van der Waals surface area contributed by atoms with E-state index >= 15 is 0 Å². The average Bonchev–Trinajstić information content (AvgIpc) is 2.69. The number of halogens is 1. The number of hydrogen-bond donors (Lipinski definition) is 3. The molecule has 4 heterocycles. The van der Waals surface area contributed by atoms with Crippen molar-refractivity contribution in [2.75, 3.05) is 69.0 Å². The molecule has 4 rings (SSSR count). The maximum Gasteiger partial charge on any atom is 0.215 e. The summed E-state index contributed by atoms with van der Waals surface area (Å²) >= 11 is 0. The summed E-state index contributed by atoms with van der Waals surface area (Å²) in [6, 6.07) is 6.88. The van der Waals surface area contributed by atoms with Crippen molar-refractivity contribution in [3.63, 3.8) is 0 Å². The molecule has 0 bridgehead atoms. The topological polar surface area (TPSA) is 112 Å². The minimum absolute atomic E-state index is 0.229. The standard InChI is InChI=1S/C10H15N3O.C6H7FN2.C4H9NO/c1-8-6-9(11)12-10(7-8)13-2-4-14-5-3-13;1-4-2-5(7)9-6(8)3-4;1-3-6-4-2-5-1/h6-7H,2-5H2,1H3,(H2,11,12);2-3H,1H3,(H2,8,9);5H,1-4H2. The second-order valence-electron chi connectivity index (χ2n) is 6.78. The summed E-state index contributed by atoms with van der Waals surface area (Å²) < 4.78 is 22.5. The zero-order valence-electron chi connectivity index (χ0n) is 17.2. The highest BCUT2D eigenvalue weighted by atomic mass is 19.1. The van der Waals surface area contributed by atoms with E-state index in [1.165, 1.54) is 6.07 Å². The summed E-state index contributed by atoms with van der Waals surface area (Å²) in [6.07, 6.45) is 0. The minimum atomic E-state index is -0.521. The van der Waals surface area contributed by atoms with Crippen LogP contribution in [0.1, 0.15) is 11.1 Å². The fraction of sp³-hybridized carbons (Fsp3) is 0.500. The van der Waals surface area contributed by atoms with Gasteiger partial charge in [0.15, 0.2) is 0 Å². The summed E-state index contributed by atoms with van der Waals surface area (Å²) in [6.45, 7) is 11.0. The number of anilines is 3. The third-order valence-corrected chi connectivity index (χ3v) is 4.12. The summed E-state index contributed by atoms with van der Waals surface area (Å²) in [5.41, 5.74) is 12.8. The van der Waals surface area contributed by atoms with E-state index in [0.717, 1.165) is 69.6 Å². The number of rotatable bonds is 1. The van der Waals surface area contributed by atoms with E-state index in [0.29, 0.717) is 5.82 Å². The first-order valence-electron chi connectivity index (χ1n) is 9.69. The Morgan fingerprint density at radius 3 is 1.86 bits per heavy atom. The van der Waals surface area contributed by atoms with Crippen molar-refractivity contribution in [3.05, 3.63) is 41.3 Å². The summed E-state index contributed by atoms with van der Waals surface area (Å²) in [5.74, 6) is 1.26. The average molecular weight is 407 g/mol. The number of nitrogens with zero attached hydrogens (tertiary/aromatic N) is 3. The number of pyridine rings is 2. The Morgan fingerprint density at radius 1 is 0.862 bits per heavy atom. The van der Waals surface area contributed by atoms with Gasteiger partial charge in [0.1, 0.15) is 17.5 Å². The molecule has 0 spiro atoms. The Morgan fingerprint density at radius 2 is 1.41 bits per heavy atom. The van der Waals surface area contributed by atoms with Gasteiger partial charge < -0.3 is 31.2 Å². The maximum atomic E-state index is 12.2. The molecule has 0 aromatic carbocycles. The first kappa shape index (κ1) is 22.8. The second kappa shape index (κ2) is 12.2. The van der Waals surface area contributed by atoms with Crippen LogP contribution in [0.4, 0.5) is 21.8 Å². The quantitative estimate of drug-likeness (QED) is 0.612. The highest BCUT2D eigenvalue weighted by Gasteiger charge is 2.12. The van der Waals surface area contributed by atoms with Crippen LogP contribution in [-0.4, -0.2) is 62.6 Å². The molecule has 2 aromatic heterocycles. The Bertz CT molecular complexity index is 670. The van der Waals surface area contributed by atoms with Crippen molar-refractivity contribution in [3.8, 4) is 0 Å². The normalized spacial score (nSPS) is 16.2. The zero-order valence-corrected chi connectivity index (χ0v) is 17.2. The van der Waals surface area contributed by atoms with Crippen LogP contribution in [0.3, 0.4) is 0 Å². The van der Waals surface area contributed by atoms with Gasteiger partial charge in [-0.3, -0.25) is 0 Å². The molecule has 5 N–H and O–H groups in total. The molecule has 2 aliphatic heterocycles. The summed E-state index contributed by atoms with van der Waals surface area (Å²) in [5, 5.41) is 3.16. The van der Waals surface area contributed by atoms with Crippen molar-refractivity contribution in [2.24, 2.45) is 0 Å². The van der Waals surface area contributed by atoms with Crippen LogP contribution in [0.2, 0.25) is 0 Å². The Hall–Kier alpha value is -2.49. The van der Waals surface area contributed by atoms with Gasteiger partial charge >= 0.3 is 0 Å². The van der Waals surface area contributed by atoms with Crippen molar-refractivity contribution in [1.29, 1.82) is 0 Å². The monoisotopic (exact) mass is 406 g/mol. The Balaban J connectivity index is 0.000000171. The molecule has 29 heavy (non-hydrogen) atoms. The van der Waals surface area contributed by atoms with Gasteiger partial charge in [0.2, 0.25) is 5.95 Å². The number of nitrogens with one attached hydrogen (secondary N) is 1. The first-order valence-corrected chi connectivity index (χ1v) is 9.69. The molecule has 2 aromatic rings. The zero-order chi connectivity index (χ0) is 21.1. The van der Waals surface area contributed by atoms with E-state index in [-0.39, 0.29) is 5.82 Å². The van der Waals surface area contributed by atoms with Crippen molar-refractivity contribution in [1.82, 2.24) is 15.3 Å². The Labute approximate surface area is 171 Å². The van der Waals surface area contributed by atoms with E-state index < -0.39 is 5.95 Å². The van der Waals surface area contributed by atoms with Gasteiger partial charge in [-0.05, 0) is 49.2 Å². The molecule has 0 atom stereocenters. The van der Waals surface area contributed by atoms with Gasteiger partial charge in [-0.1, -0.05) is 0 Å². The number of aromatic nitrogens is 2. The number of nitrogen functional groups attached to an aromatic ring is 2. The lowest BCUT2D eigenvalue weighted by Gasteiger charge is -2.28. The molecule has 0 amide bonds. The van der Waals surface area contributed by atoms with Crippen LogP contribution in [0, 0.1) is 19.8 Å². The van der Waals surface area contributed by atoms with E-state index in [1.54, 1.807) is 13.0 Å².